The fraction of sp³-hybridized carbons (Fsp3) is 0.174. The van der Waals surface area contributed by atoms with E-state index >= 15 is 0 Å². The average Bonchev–Trinajstić information content (AvgIpc) is 3.22. The first-order valence-corrected chi connectivity index (χ1v) is 11.5. The first kappa shape index (κ1) is 20.4. The third kappa shape index (κ3) is 4.32. The van der Waals surface area contributed by atoms with Crippen LogP contribution in [-0.2, 0) is 4.79 Å². The smallest absolute Gasteiger partial charge is 0.276 e. The summed E-state index contributed by atoms with van der Waals surface area (Å²) in [5.74, 6) is 0.402. The highest BCUT2D eigenvalue weighted by atomic mass is 32.2. The summed E-state index contributed by atoms with van der Waals surface area (Å²) in [5.41, 5.74) is 3.22. The van der Waals surface area contributed by atoms with Gasteiger partial charge in [-0.05, 0) is 47.2 Å². The number of rotatable bonds is 6. The molecule has 4 aromatic rings. The predicted molar refractivity (Wildman–Crippen MR) is 125 cm³/mol. The molecule has 0 spiro atoms. The molecule has 2 aromatic heterocycles. The van der Waals surface area contributed by atoms with Gasteiger partial charge in [-0.25, -0.2) is 4.98 Å². The summed E-state index contributed by atoms with van der Waals surface area (Å²) in [6.07, 6.45) is 0. The molecule has 0 atom stereocenters. The molecule has 1 N–H and O–H groups in total. The van der Waals surface area contributed by atoms with E-state index in [1.165, 1.54) is 28.7 Å². The minimum atomic E-state index is -0.139. The maximum atomic E-state index is 13.1. The van der Waals surface area contributed by atoms with Crippen LogP contribution in [-0.4, -0.2) is 21.2 Å². The number of para-hydroxylation sites is 1. The molecule has 2 aromatic carbocycles. The van der Waals surface area contributed by atoms with E-state index in [1.807, 2.05) is 66.0 Å². The molecular formula is C23H21N3O2S2. The molecule has 7 heteroatoms. The maximum absolute atomic E-state index is 13.1. The number of carbonyl (C=O) groups excluding carboxylic acids is 1. The van der Waals surface area contributed by atoms with Crippen molar-refractivity contribution in [3.8, 4) is 5.69 Å². The number of carbonyl (C=O) groups is 1. The van der Waals surface area contributed by atoms with Gasteiger partial charge in [-0.2, -0.15) is 0 Å². The molecule has 0 bridgehead atoms. The van der Waals surface area contributed by atoms with Crippen LogP contribution in [0.25, 0.3) is 15.9 Å². The molecule has 0 aliphatic carbocycles. The molecule has 2 heterocycles. The lowest BCUT2D eigenvalue weighted by Gasteiger charge is -2.12. The Morgan fingerprint density at radius 1 is 1.13 bits per heavy atom. The lowest BCUT2D eigenvalue weighted by molar-refractivity contribution is -0.113. The number of benzene rings is 2. The standard InChI is InChI=1S/C23H21N3O2S2/c1-15(2)16-7-6-8-17(13-16)24-20(27)14-30-23-25-19-11-12-29-21(19)22(28)26(23)18-9-4-3-5-10-18/h3-13,15H,14H2,1-2H3,(H,24,27). The lowest BCUT2D eigenvalue weighted by Crippen LogP contribution is -2.22. The van der Waals surface area contributed by atoms with Crippen LogP contribution in [0, 0.1) is 0 Å². The number of thiophene rings is 1. The molecule has 0 unspecified atom stereocenters. The fourth-order valence-electron chi connectivity index (χ4n) is 3.10. The van der Waals surface area contributed by atoms with Crippen LogP contribution in [0.4, 0.5) is 5.69 Å². The lowest BCUT2D eigenvalue weighted by atomic mass is 10.0. The van der Waals surface area contributed by atoms with Crippen molar-refractivity contribution in [3.63, 3.8) is 0 Å². The van der Waals surface area contributed by atoms with Gasteiger partial charge in [0.25, 0.3) is 5.56 Å². The minimum Gasteiger partial charge on any atom is -0.325 e. The van der Waals surface area contributed by atoms with E-state index < -0.39 is 0 Å². The Hall–Kier alpha value is -2.90. The fourth-order valence-corrected chi connectivity index (χ4v) is 4.67. The Balaban J connectivity index is 1.59. The molecule has 0 radical (unpaired) electrons. The first-order valence-electron chi connectivity index (χ1n) is 9.61. The Morgan fingerprint density at radius 2 is 1.93 bits per heavy atom. The quantitative estimate of drug-likeness (QED) is 0.330. The van der Waals surface area contributed by atoms with E-state index in [0.29, 0.717) is 21.3 Å². The van der Waals surface area contributed by atoms with Gasteiger partial charge >= 0.3 is 0 Å². The molecule has 5 nitrogen and oxygen atoms in total. The van der Waals surface area contributed by atoms with Gasteiger partial charge in [-0.3, -0.25) is 14.2 Å². The topological polar surface area (TPSA) is 64.0 Å². The Morgan fingerprint density at radius 3 is 2.70 bits per heavy atom. The van der Waals surface area contributed by atoms with Gasteiger partial charge in [0.1, 0.15) is 4.70 Å². The van der Waals surface area contributed by atoms with Crippen LogP contribution in [0.3, 0.4) is 0 Å². The van der Waals surface area contributed by atoms with Gasteiger partial charge in [0.05, 0.1) is 17.0 Å². The number of hydrogen-bond donors (Lipinski definition) is 1. The maximum Gasteiger partial charge on any atom is 0.276 e. The van der Waals surface area contributed by atoms with Crippen molar-refractivity contribution in [1.29, 1.82) is 0 Å². The van der Waals surface area contributed by atoms with Gasteiger partial charge < -0.3 is 5.32 Å². The van der Waals surface area contributed by atoms with Gasteiger partial charge in [0, 0.05) is 5.69 Å². The summed E-state index contributed by atoms with van der Waals surface area (Å²) in [7, 11) is 0. The predicted octanol–water partition coefficient (Wildman–Crippen LogP) is 5.30. The zero-order valence-electron chi connectivity index (χ0n) is 16.7. The van der Waals surface area contributed by atoms with Crippen LogP contribution < -0.4 is 10.9 Å². The van der Waals surface area contributed by atoms with Crippen LogP contribution in [0.15, 0.2) is 76.0 Å². The zero-order chi connectivity index (χ0) is 21.1. The van der Waals surface area contributed by atoms with Crippen LogP contribution >= 0.6 is 23.1 Å². The molecule has 0 fully saturated rings. The monoisotopic (exact) mass is 435 g/mol. The van der Waals surface area contributed by atoms with Crippen molar-refractivity contribution in [1.82, 2.24) is 9.55 Å². The number of thioether (sulfide) groups is 1. The number of anilines is 1. The van der Waals surface area contributed by atoms with E-state index in [1.54, 1.807) is 4.57 Å². The molecular weight excluding hydrogens is 414 g/mol. The Bertz CT molecular complexity index is 1250. The Labute approximate surface area is 182 Å². The highest BCUT2D eigenvalue weighted by molar-refractivity contribution is 7.99. The zero-order valence-corrected chi connectivity index (χ0v) is 18.3. The molecule has 0 aliphatic heterocycles. The molecule has 152 valence electrons. The van der Waals surface area contributed by atoms with E-state index in [2.05, 4.69) is 24.1 Å². The number of nitrogens with zero attached hydrogens (tertiary/aromatic N) is 2. The highest BCUT2D eigenvalue weighted by Gasteiger charge is 2.15. The second-order valence-corrected chi connectivity index (χ2v) is 8.98. The third-order valence-corrected chi connectivity index (χ3v) is 6.46. The number of amides is 1. The normalized spacial score (nSPS) is 11.2. The van der Waals surface area contributed by atoms with E-state index in [-0.39, 0.29) is 17.2 Å². The number of fused-ring (bicyclic) bond motifs is 1. The molecule has 0 aliphatic rings. The summed E-state index contributed by atoms with van der Waals surface area (Å²) in [6.45, 7) is 4.23. The van der Waals surface area contributed by atoms with Gasteiger partial charge in [0.15, 0.2) is 5.16 Å². The minimum absolute atomic E-state index is 0.117. The molecule has 30 heavy (non-hydrogen) atoms. The van der Waals surface area contributed by atoms with E-state index in [4.69, 9.17) is 0 Å². The van der Waals surface area contributed by atoms with Crippen molar-refractivity contribution in [2.45, 2.75) is 24.9 Å². The molecule has 0 saturated heterocycles. The average molecular weight is 436 g/mol. The van der Waals surface area contributed by atoms with Gasteiger partial charge in [-0.15, -0.1) is 11.3 Å². The third-order valence-electron chi connectivity index (χ3n) is 4.63. The van der Waals surface area contributed by atoms with Gasteiger partial charge in [0.2, 0.25) is 5.91 Å². The van der Waals surface area contributed by atoms with Crippen LogP contribution in [0.2, 0.25) is 0 Å². The number of nitrogens with one attached hydrogen (secondary N) is 1. The largest absolute Gasteiger partial charge is 0.325 e. The summed E-state index contributed by atoms with van der Waals surface area (Å²) in [6, 6.07) is 19.1. The van der Waals surface area contributed by atoms with Crippen LogP contribution in [0.1, 0.15) is 25.3 Å². The second-order valence-electron chi connectivity index (χ2n) is 7.12. The van der Waals surface area contributed by atoms with Crippen molar-refractivity contribution < 1.29 is 4.79 Å². The summed E-state index contributed by atoms with van der Waals surface area (Å²) < 4.78 is 2.19. The van der Waals surface area contributed by atoms with E-state index in [9.17, 15) is 9.59 Å². The van der Waals surface area contributed by atoms with Crippen molar-refractivity contribution in [3.05, 3.63) is 82.0 Å². The second kappa shape index (κ2) is 8.85. The SMILES string of the molecule is CC(C)c1cccc(NC(=O)CSc2nc3ccsc3c(=O)n2-c2ccccc2)c1. The molecule has 4 rings (SSSR count). The van der Waals surface area contributed by atoms with Crippen LogP contribution in [0.5, 0.6) is 0 Å². The summed E-state index contributed by atoms with van der Waals surface area (Å²) in [4.78, 5) is 30.3. The highest BCUT2D eigenvalue weighted by Crippen LogP contribution is 2.24. The first-order chi connectivity index (χ1) is 14.5. The van der Waals surface area contributed by atoms with Gasteiger partial charge in [-0.1, -0.05) is 55.9 Å². The Kier molecular flexibility index (Phi) is 6.01. The molecule has 1 amide bonds. The number of aromatic nitrogens is 2. The molecule has 0 saturated carbocycles. The summed E-state index contributed by atoms with van der Waals surface area (Å²) >= 11 is 2.63. The van der Waals surface area contributed by atoms with Crippen molar-refractivity contribution >= 4 is 44.9 Å². The van der Waals surface area contributed by atoms with E-state index in [0.717, 1.165) is 11.4 Å². The van der Waals surface area contributed by atoms with Crippen molar-refractivity contribution in [2.75, 3.05) is 11.1 Å². The summed E-state index contributed by atoms with van der Waals surface area (Å²) in [5, 5.41) is 5.30. The van der Waals surface area contributed by atoms with Crippen molar-refractivity contribution in [2.24, 2.45) is 0 Å². The number of hydrogen-bond acceptors (Lipinski definition) is 5.